The summed E-state index contributed by atoms with van der Waals surface area (Å²) in [5, 5.41) is 0. The largest absolute Gasteiger partial charge is 0.497 e. The van der Waals surface area contributed by atoms with Crippen molar-refractivity contribution in [1.82, 2.24) is 4.90 Å². The van der Waals surface area contributed by atoms with E-state index in [4.69, 9.17) is 14.2 Å². The second kappa shape index (κ2) is 10.5. The van der Waals surface area contributed by atoms with Crippen molar-refractivity contribution in [3.8, 4) is 17.2 Å². The number of fused-ring (bicyclic) bond motifs is 1. The maximum atomic E-state index is 13.6. The zero-order valence-electron chi connectivity index (χ0n) is 20.4. The molecule has 3 aromatic rings. The molecule has 3 aromatic carbocycles. The van der Waals surface area contributed by atoms with Crippen LogP contribution in [0.25, 0.3) is 11.6 Å². The Morgan fingerprint density at radius 1 is 0.829 bits per heavy atom. The summed E-state index contributed by atoms with van der Waals surface area (Å²) in [6, 6.07) is 20.1. The van der Waals surface area contributed by atoms with E-state index in [0.29, 0.717) is 46.5 Å². The molecule has 0 spiro atoms. The van der Waals surface area contributed by atoms with Crippen LogP contribution < -0.4 is 14.2 Å². The van der Waals surface area contributed by atoms with Crippen molar-refractivity contribution in [2.75, 3.05) is 20.8 Å². The summed E-state index contributed by atoms with van der Waals surface area (Å²) in [5.41, 5.74) is 3.17. The topological polar surface area (TPSA) is 65.1 Å². The van der Waals surface area contributed by atoms with Crippen molar-refractivity contribution in [2.45, 2.75) is 20.4 Å². The monoisotopic (exact) mass is 471 g/mol. The lowest BCUT2D eigenvalue weighted by Crippen LogP contribution is -2.41. The number of benzene rings is 3. The first-order valence-electron chi connectivity index (χ1n) is 11.5. The van der Waals surface area contributed by atoms with Crippen LogP contribution in [0.5, 0.6) is 17.2 Å². The van der Waals surface area contributed by atoms with Crippen LogP contribution in [-0.4, -0.2) is 37.5 Å². The van der Waals surface area contributed by atoms with E-state index in [0.717, 1.165) is 11.1 Å². The van der Waals surface area contributed by atoms with Gasteiger partial charge in [-0.1, -0.05) is 50.2 Å². The molecule has 0 bridgehead atoms. The Hall–Kier alpha value is -4.06. The van der Waals surface area contributed by atoms with Crippen LogP contribution in [0.2, 0.25) is 0 Å². The number of hydrogen-bond acceptors (Lipinski definition) is 5. The highest BCUT2D eigenvalue weighted by Gasteiger charge is 2.34. The van der Waals surface area contributed by atoms with Gasteiger partial charge in [0.15, 0.2) is 11.5 Å². The molecular formula is C29H29NO5. The van der Waals surface area contributed by atoms with E-state index in [1.165, 1.54) is 4.90 Å². The Labute approximate surface area is 205 Å². The Balaban J connectivity index is 1.70. The molecule has 0 N–H and O–H groups in total. The third kappa shape index (κ3) is 5.22. The Morgan fingerprint density at radius 2 is 1.54 bits per heavy atom. The minimum Gasteiger partial charge on any atom is -0.497 e. The van der Waals surface area contributed by atoms with Crippen molar-refractivity contribution >= 4 is 23.5 Å². The average molecular weight is 472 g/mol. The lowest BCUT2D eigenvalue weighted by molar-refractivity contribution is -0.123. The number of nitrogens with zero attached hydrogens (tertiary/aromatic N) is 1. The molecule has 0 atom stereocenters. The second-order valence-corrected chi connectivity index (χ2v) is 8.76. The van der Waals surface area contributed by atoms with Crippen molar-refractivity contribution in [2.24, 2.45) is 5.92 Å². The fourth-order valence-corrected chi connectivity index (χ4v) is 3.92. The summed E-state index contributed by atoms with van der Waals surface area (Å²) < 4.78 is 16.6. The molecular weight excluding hydrogens is 442 g/mol. The SMILES string of the molecule is COc1ccc(CN2C(=O)/C(=C\c3ccc(OCC(C)C)c(OC)c3)c3ccccc3C2=O)cc1. The number of ether oxygens (including phenoxy) is 3. The van der Waals surface area contributed by atoms with Gasteiger partial charge < -0.3 is 14.2 Å². The number of imide groups is 1. The van der Waals surface area contributed by atoms with Crippen LogP contribution in [0.4, 0.5) is 0 Å². The van der Waals surface area contributed by atoms with Gasteiger partial charge in [-0.15, -0.1) is 0 Å². The summed E-state index contributed by atoms with van der Waals surface area (Å²) in [6.07, 6.45) is 1.80. The molecule has 4 rings (SSSR count). The van der Waals surface area contributed by atoms with Gasteiger partial charge in [0.25, 0.3) is 11.8 Å². The van der Waals surface area contributed by atoms with E-state index in [-0.39, 0.29) is 18.4 Å². The molecule has 1 heterocycles. The molecule has 0 aliphatic carbocycles. The lowest BCUT2D eigenvalue weighted by Gasteiger charge is -2.29. The molecule has 2 amide bonds. The van der Waals surface area contributed by atoms with Crippen LogP contribution in [-0.2, 0) is 11.3 Å². The third-order valence-corrected chi connectivity index (χ3v) is 5.74. The standard InChI is InChI=1S/C29H29NO5/c1-19(2)18-35-26-14-11-21(16-27(26)34-4)15-25-23-7-5-6-8-24(23)28(31)30(29(25)32)17-20-9-12-22(33-3)13-10-20/h5-16,19H,17-18H2,1-4H3/b25-15-. The molecule has 0 saturated heterocycles. The highest BCUT2D eigenvalue weighted by molar-refractivity contribution is 6.33. The lowest BCUT2D eigenvalue weighted by atomic mass is 9.91. The molecule has 0 saturated carbocycles. The predicted molar refractivity (Wildman–Crippen MR) is 136 cm³/mol. The van der Waals surface area contributed by atoms with Crippen LogP contribution in [0, 0.1) is 5.92 Å². The molecule has 0 unspecified atom stereocenters. The predicted octanol–water partition coefficient (Wildman–Crippen LogP) is 5.46. The number of carbonyl (C=O) groups is 2. The summed E-state index contributed by atoms with van der Waals surface area (Å²) in [5.74, 6) is 1.67. The summed E-state index contributed by atoms with van der Waals surface area (Å²) in [4.78, 5) is 28.1. The fourth-order valence-electron chi connectivity index (χ4n) is 3.92. The molecule has 35 heavy (non-hydrogen) atoms. The van der Waals surface area contributed by atoms with Gasteiger partial charge in [-0.25, -0.2) is 0 Å². The molecule has 0 radical (unpaired) electrons. The molecule has 180 valence electrons. The molecule has 1 aliphatic rings. The number of carbonyl (C=O) groups excluding carboxylic acids is 2. The number of methoxy groups -OCH3 is 2. The van der Waals surface area contributed by atoms with Crippen molar-refractivity contribution in [3.63, 3.8) is 0 Å². The summed E-state index contributed by atoms with van der Waals surface area (Å²) >= 11 is 0. The van der Waals surface area contributed by atoms with Crippen molar-refractivity contribution in [1.29, 1.82) is 0 Å². The second-order valence-electron chi connectivity index (χ2n) is 8.76. The molecule has 0 aromatic heterocycles. The minimum absolute atomic E-state index is 0.165. The average Bonchev–Trinajstić information content (AvgIpc) is 2.88. The quantitative estimate of drug-likeness (QED) is 0.322. The first-order chi connectivity index (χ1) is 16.9. The maximum Gasteiger partial charge on any atom is 0.261 e. The van der Waals surface area contributed by atoms with Crippen LogP contribution >= 0.6 is 0 Å². The summed E-state index contributed by atoms with van der Waals surface area (Å²) in [6.45, 7) is 4.90. The minimum atomic E-state index is -0.344. The summed E-state index contributed by atoms with van der Waals surface area (Å²) in [7, 11) is 3.18. The maximum absolute atomic E-state index is 13.6. The highest BCUT2D eigenvalue weighted by Crippen LogP contribution is 2.34. The van der Waals surface area contributed by atoms with E-state index >= 15 is 0 Å². The Morgan fingerprint density at radius 3 is 2.20 bits per heavy atom. The number of amides is 2. The number of hydrogen-bond donors (Lipinski definition) is 0. The smallest absolute Gasteiger partial charge is 0.261 e. The Bertz CT molecular complexity index is 1260. The van der Waals surface area contributed by atoms with Gasteiger partial charge >= 0.3 is 0 Å². The van der Waals surface area contributed by atoms with E-state index in [2.05, 4.69) is 13.8 Å². The van der Waals surface area contributed by atoms with Crippen LogP contribution in [0.1, 0.15) is 40.9 Å². The van der Waals surface area contributed by atoms with E-state index in [1.807, 2.05) is 48.5 Å². The normalized spacial score (nSPS) is 14.3. The third-order valence-electron chi connectivity index (χ3n) is 5.74. The first kappa shape index (κ1) is 24.1. The number of rotatable bonds is 8. The van der Waals surface area contributed by atoms with Gasteiger partial charge in [0.2, 0.25) is 0 Å². The van der Waals surface area contributed by atoms with Crippen LogP contribution in [0.3, 0.4) is 0 Å². The fraction of sp³-hybridized carbons (Fsp3) is 0.241. The van der Waals surface area contributed by atoms with Crippen molar-refractivity contribution in [3.05, 3.63) is 89.0 Å². The zero-order chi connectivity index (χ0) is 24.9. The van der Waals surface area contributed by atoms with Gasteiger partial charge in [0.1, 0.15) is 5.75 Å². The van der Waals surface area contributed by atoms with Gasteiger partial charge in [0.05, 0.1) is 27.4 Å². The van der Waals surface area contributed by atoms with Gasteiger partial charge in [-0.05, 0) is 59.0 Å². The highest BCUT2D eigenvalue weighted by atomic mass is 16.5. The zero-order valence-corrected chi connectivity index (χ0v) is 20.4. The Kier molecular flexibility index (Phi) is 7.20. The van der Waals surface area contributed by atoms with Crippen molar-refractivity contribution < 1.29 is 23.8 Å². The van der Waals surface area contributed by atoms with Gasteiger partial charge in [-0.2, -0.15) is 0 Å². The van der Waals surface area contributed by atoms with E-state index in [1.54, 1.807) is 38.5 Å². The van der Waals surface area contributed by atoms with Gasteiger partial charge in [0, 0.05) is 11.1 Å². The molecule has 1 aliphatic heterocycles. The van der Waals surface area contributed by atoms with Gasteiger partial charge in [-0.3, -0.25) is 14.5 Å². The van der Waals surface area contributed by atoms with E-state index < -0.39 is 0 Å². The van der Waals surface area contributed by atoms with Crippen LogP contribution in [0.15, 0.2) is 66.7 Å². The van der Waals surface area contributed by atoms with E-state index in [9.17, 15) is 9.59 Å². The molecule has 6 nitrogen and oxygen atoms in total. The first-order valence-corrected chi connectivity index (χ1v) is 11.5. The molecule has 6 heteroatoms. The molecule has 0 fully saturated rings.